The van der Waals surface area contributed by atoms with Crippen molar-refractivity contribution in [3.63, 3.8) is 0 Å². The Hall–Kier alpha value is -1.59. The molecule has 1 fully saturated rings. The topological polar surface area (TPSA) is 70.2 Å². The number of halogens is 1. The molecule has 1 aromatic carbocycles. The average Bonchev–Trinajstić information content (AvgIpc) is 2.42. The van der Waals surface area contributed by atoms with Crippen molar-refractivity contribution in [2.24, 2.45) is 5.92 Å². The van der Waals surface area contributed by atoms with Gasteiger partial charge in [0.1, 0.15) is 0 Å². The van der Waals surface area contributed by atoms with Crippen LogP contribution in [0.2, 0.25) is 0 Å². The molecule has 0 aromatic heterocycles. The molecule has 22 heavy (non-hydrogen) atoms. The van der Waals surface area contributed by atoms with Crippen LogP contribution in [0, 0.1) is 12.8 Å². The summed E-state index contributed by atoms with van der Waals surface area (Å²) < 4.78 is 0. The third-order valence-corrected chi connectivity index (χ3v) is 3.90. The molecule has 1 saturated heterocycles. The zero-order valence-electron chi connectivity index (χ0n) is 13.2. The lowest BCUT2D eigenvalue weighted by molar-refractivity contribution is -0.121. The highest BCUT2D eigenvalue weighted by atomic mass is 35.5. The van der Waals surface area contributed by atoms with Gasteiger partial charge in [0.25, 0.3) is 0 Å². The van der Waals surface area contributed by atoms with Crippen LogP contribution in [0.5, 0.6) is 0 Å². The summed E-state index contributed by atoms with van der Waals surface area (Å²) in [6, 6.07) is 5.90. The summed E-state index contributed by atoms with van der Waals surface area (Å²) in [7, 11) is 0. The monoisotopic (exact) mass is 325 g/mol. The van der Waals surface area contributed by atoms with Crippen LogP contribution < -0.4 is 16.0 Å². The number of hydrogen-bond donors (Lipinski definition) is 3. The minimum Gasteiger partial charge on any atom is -0.326 e. The first kappa shape index (κ1) is 18.5. The lowest BCUT2D eigenvalue weighted by Gasteiger charge is -2.27. The summed E-state index contributed by atoms with van der Waals surface area (Å²) in [5.74, 6) is -0.00902. The minimum absolute atomic E-state index is 0. The Morgan fingerprint density at radius 3 is 2.45 bits per heavy atom. The number of amides is 2. The van der Waals surface area contributed by atoms with Gasteiger partial charge in [0.2, 0.25) is 11.8 Å². The molecule has 0 bridgehead atoms. The Morgan fingerprint density at radius 2 is 1.86 bits per heavy atom. The molecule has 6 heteroatoms. The van der Waals surface area contributed by atoms with Gasteiger partial charge in [-0.1, -0.05) is 6.07 Å². The molecule has 2 atom stereocenters. The highest BCUT2D eigenvalue weighted by molar-refractivity contribution is 5.96. The maximum atomic E-state index is 12.4. The van der Waals surface area contributed by atoms with E-state index in [1.165, 1.54) is 6.92 Å². The van der Waals surface area contributed by atoms with Crippen LogP contribution in [0.15, 0.2) is 18.2 Å². The predicted octanol–water partition coefficient (Wildman–Crippen LogP) is 2.70. The third kappa shape index (κ3) is 4.71. The molecule has 5 nitrogen and oxygen atoms in total. The van der Waals surface area contributed by atoms with E-state index in [1.807, 2.05) is 25.1 Å². The first-order valence-corrected chi connectivity index (χ1v) is 7.39. The summed E-state index contributed by atoms with van der Waals surface area (Å²) in [4.78, 5) is 23.5. The Bertz CT molecular complexity index is 548. The number of carbonyl (C=O) groups excluding carboxylic acids is 2. The summed E-state index contributed by atoms with van der Waals surface area (Å²) in [6.45, 7) is 6.35. The molecule has 0 radical (unpaired) electrons. The van der Waals surface area contributed by atoms with E-state index < -0.39 is 0 Å². The summed E-state index contributed by atoms with van der Waals surface area (Å²) in [5, 5.41) is 9.11. The van der Waals surface area contributed by atoms with E-state index in [0.717, 1.165) is 36.3 Å². The van der Waals surface area contributed by atoms with Gasteiger partial charge in [0.05, 0.1) is 0 Å². The van der Waals surface area contributed by atoms with Gasteiger partial charge >= 0.3 is 0 Å². The molecular formula is C16H24ClN3O2. The molecule has 2 rings (SSSR count). The number of hydrogen-bond acceptors (Lipinski definition) is 3. The van der Waals surface area contributed by atoms with Crippen LogP contribution in [0.4, 0.5) is 11.4 Å². The van der Waals surface area contributed by atoms with E-state index in [0.29, 0.717) is 6.04 Å². The predicted molar refractivity (Wildman–Crippen MR) is 91.5 cm³/mol. The first-order valence-electron chi connectivity index (χ1n) is 7.39. The Labute approximate surface area is 137 Å². The molecule has 1 aromatic rings. The Kier molecular flexibility index (Phi) is 6.84. The van der Waals surface area contributed by atoms with Gasteiger partial charge in [-0.25, -0.2) is 0 Å². The summed E-state index contributed by atoms with van der Waals surface area (Å²) >= 11 is 0. The maximum Gasteiger partial charge on any atom is 0.227 e. The highest BCUT2D eigenvalue weighted by Crippen LogP contribution is 2.25. The molecule has 1 aliphatic heterocycles. The van der Waals surface area contributed by atoms with Crippen LogP contribution in [0.1, 0.15) is 32.3 Å². The summed E-state index contributed by atoms with van der Waals surface area (Å²) in [6.07, 6.45) is 1.72. The van der Waals surface area contributed by atoms with Crippen LogP contribution >= 0.6 is 12.4 Å². The molecule has 0 saturated carbocycles. The fourth-order valence-electron chi connectivity index (χ4n) is 2.70. The second-order valence-electron chi connectivity index (χ2n) is 5.73. The van der Waals surface area contributed by atoms with Crippen molar-refractivity contribution in [1.29, 1.82) is 0 Å². The maximum absolute atomic E-state index is 12.4. The fourth-order valence-corrected chi connectivity index (χ4v) is 2.70. The fraction of sp³-hybridized carbons (Fsp3) is 0.500. The SMILES string of the molecule is CC(=O)Nc1cccc(NC(=O)[C@H]2CCN[C@@H](C)C2)c1C.Cl. The van der Waals surface area contributed by atoms with Gasteiger partial charge in [0.15, 0.2) is 0 Å². The van der Waals surface area contributed by atoms with Crippen LogP contribution in [0.25, 0.3) is 0 Å². The molecule has 1 aliphatic rings. The molecular weight excluding hydrogens is 302 g/mol. The van der Waals surface area contributed by atoms with Crippen molar-refractivity contribution in [2.45, 2.75) is 39.7 Å². The lowest BCUT2D eigenvalue weighted by atomic mass is 9.92. The van der Waals surface area contributed by atoms with E-state index in [1.54, 1.807) is 0 Å². The normalized spacial score (nSPS) is 20.7. The molecule has 0 unspecified atom stereocenters. The lowest BCUT2D eigenvalue weighted by Crippen LogP contribution is -2.40. The van der Waals surface area contributed by atoms with E-state index >= 15 is 0 Å². The minimum atomic E-state index is -0.117. The largest absolute Gasteiger partial charge is 0.326 e. The van der Waals surface area contributed by atoms with Gasteiger partial charge in [0, 0.05) is 30.3 Å². The molecule has 0 spiro atoms. The highest BCUT2D eigenvalue weighted by Gasteiger charge is 2.25. The van der Waals surface area contributed by atoms with Crippen molar-refractivity contribution in [2.75, 3.05) is 17.2 Å². The molecule has 2 amide bonds. The van der Waals surface area contributed by atoms with Crippen molar-refractivity contribution in [3.05, 3.63) is 23.8 Å². The smallest absolute Gasteiger partial charge is 0.227 e. The molecule has 1 heterocycles. The van der Waals surface area contributed by atoms with E-state index in [2.05, 4.69) is 22.9 Å². The van der Waals surface area contributed by atoms with E-state index in [4.69, 9.17) is 0 Å². The quantitative estimate of drug-likeness (QED) is 0.800. The van der Waals surface area contributed by atoms with Crippen LogP contribution in [0.3, 0.4) is 0 Å². The second kappa shape index (κ2) is 8.15. The molecule has 122 valence electrons. The van der Waals surface area contributed by atoms with Crippen molar-refractivity contribution < 1.29 is 9.59 Å². The standard InChI is InChI=1S/C16H23N3O2.ClH/c1-10-9-13(7-8-17-10)16(21)19-15-6-4-5-14(11(15)2)18-12(3)20;/h4-6,10,13,17H,7-9H2,1-3H3,(H,18,20)(H,19,21);1H/t10-,13-;/m0./s1. The van der Waals surface area contributed by atoms with Crippen molar-refractivity contribution >= 4 is 35.6 Å². The van der Waals surface area contributed by atoms with E-state index in [-0.39, 0.29) is 30.1 Å². The number of piperidine rings is 1. The molecule has 0 aliphatic carbocycles. The van der Waals surface area contributed by atoms with Crippen molar-refractivity contribution in [1.82, 2.24) is 5.32 Å². The molecule has 3 N–H and O–H groups in total. The number of anilines is 2. The zero-order valence-corrected chi connectivity index (χ0v) is 14.0. The summed E-state index contributed by atoms with van der Waals surface area (Å²) in [5.41, 5.74) is 2.37. The number of nitrogens with one attached hydrogen (secondary N) is 3. The van der Waals surface area contributed by atoms with Crippen molar-refractivity contribution in [3.8, 4) is 0 Å². The zero-order chi connectivity index (χ0) is 15.4. The number of benzene rings is 1. The second-order valence-corrected chi connectivity index (χ2v) is 5.73. The van der Waals surface area contributed by atoms with Gasteiger partial charge in [-0.15, -0.1) is 12.4 Å². The van der Waals surface area contributed by atoms with Gasteiger partial charge < -0.3 is 16.0 Å². The third-order valence-electron chi connectivity index (χ3n) is 3.90. The van der Waals surface area contributed by atoms with Gasteiger partial charge in [-0.05, 0) is 50.9 Å². The Morgan fingerprint density at radius 1 is 1.23 bits per heavy atom. The van der Waals surface area contributed by atoms with Gasteiger partial charge in [-0.3, -0.25) is 9.59 Å². The Balaban J connectivity index is 0.00000242. The van der Waals surface area contributed by atoms with Crippen LogP contribution in [-0.4, -0.2) is 24.4 Å². The van der Waals surface area contributed by atoms with Crippen LogP contribution in [-0.2, 0) is 9.59 Å². The van der Waals surface area contributed by atoms with E-state index in [9.17, 15) is 9.59 Å². The number of carbonyl (C=O) groups is 2. The first-order chi connectivity index (χ1) is 9.97. The number of rotatable bonds is 3. The van der Waals surface area contributed by atoms with Gasteiger partial charge in [-0.2, -0.15) is 0 Å². The average molecular weight is 326 g/mol.